The van der Waals surface area contributed by atoms with Gasteiger partial charge in [0.2, 0.25) is 0 Å². The lowest BCUT2D eigenvalue weighted by molar-refractivity contribution is 0.0948. The van der Waals surface area contributed by atoms with Gasteiger partial charge in [0.15, 0.2) is 0 Å². The summed E-state index contributed by atoms with van der Waals surface area (Å²) in [6, 6.07) is 13.4. The normalized spacial score (nSPS) is 11.2. The minimum absolute atomic E-state index is 0.154. The molecule has 0 aromatic heterocycles. The maximum absolute atomic E-state index is 13.0. The van der Waals surface area contributed by atoms with E-state index in [9.17, 15) is 13.2 Å². The van der Waals surface area contributed by atoms with Crippen molar-refractivity contribution in [3.8, 4) is 0 Å². The molecule has 0 unspecified atom stereocenters. The van der Waals surface area contributed by atoms with Crippen molar-refractivity contribution < 1.29 is 17.9 Å². The van der Waals surface area contributed by atoms with Gasteiger partial charge in [0, 0.05) is 32.4 Å². The first-order valence-electron chi connectivity index (χ1n) is 8.86. The summed E-state index contributed by atoms with van der Waals surface area (Å²) >= 11 is 0. The van der Waals surface area contributed by atoms with Gasteiger partial charge in [-0.15, -0.1) is 0 Å². The first-order chi connectivity index (χ1) is 12.9. The van der Waals surface area contributed by atoms with E-state index < -0.39 is 10.0 Å². The monoisotopic (exact) mass is 390 g/mol. The van der Waals surface area contributed by atoms with Crippen LogP contribution in [0, 0.1) is 6.92 Å². The first kappa shape index (κ1) is 20.9. The second-order valence-electron chi connectivity index (χ2n) is 6.14. The Labute approximate surface area is 161 Å². The number of carbonyl (C=O) groups is 1. The van der Waals surface area contributed by atoms with Gasteiger partial charge in [-0.25, -0.2) is 8.42 Å². The van der Waals surface area contributed by atoms with E-state index in [2.05, 4.69) is 5.32 Å². The summed E-state index contributed by atoms with van der Waals surface area (Å²) in [6.07, 6.45) is 0.719. The van der Waals surface area contributed by atoms with Crippen molar-refractivity contribution in [2.45, 2.75) is 25.2 Å². The third kappa shape index (κ3) is 5.30. The predicted molar refractivity (Wildman–Crippen MR) is 107 cm³/mol. The second kappa shape index (κ2) is 9.53. The number of rotatable bonds is 9. The van der Waals surface area contributed by atoms with Crippen LogP contribution in [0.3, 0.4) is 0 Å². The number of hydrogen-bond donors (Lipinski definition) is 1. The van der Waals surface area contributed by atoms with Gasteiger partial charge < -0.3 is 10.1 Å². The van der Waals surface area contributed by atoms with Gasteiger partial charge in [-0.2, -0.15) is 0 Å². The largest absolute Gasteiger partial charge is 0.385 e. The Morgan fingerprint density at radius 2 is 1.85 bits per heavy atom. The molecule has 2 rings (SSSR count). The van der Waals surface area contributed by atoms with Crippen molar-refractivity contribution in [1.82, 2.24) is 5.32 Å². The zero-order valence-electron chi connectivity index (χ0n) is 15.9. The lowest BCUT2D eigenvalue weighted by Gasteiger charge is -2.23. The molecule has 0 saturated carbocycles. The topological polar surface area (TPSA) is 75.7 Å². The number of aryl methyl sites for hydroxylation is 1. The smallest absolute Gasteiger partial charge is 0.264 e. The van der Waals surface area contributed by atoms with Gasteiger partial charge in [-0.05, 0) is 62.2 Å². The molecule has 0 saturated heterocycles. The zero-order chi connectivity index (χ0) is 19.9. The molecule has 0 aliphatic rings. The molecule has 0 radical (unpaired) electrons. The van der Waals surface area contributed by atoms with E-state index in [0.717, 1.165) is 12.0 Å². The van der Waals surface area contributed by atoms with E-state index in [-0.39, 0.29) is 10.8 Å². The van der Waals surface area contributed by atoms with Crippen molar-refractivity contribution in [2.24, 2.45) is 0 Å². The van der Waals surface area contributed by atoms with Gasteiger partial charge in [0.1, 0.15) is 0 Å². The summed E-state index contributed by atoms with van der Waals surface area (Å²) in [4.78, 5) is 12.3. The third-order valence-electron chi connectivity index (χ3n) is 4.09. The molecule has 27 heavy (non-hydrogen) atoms. The Kier molecular flexibility index (Phi) is 7.38. The Balaban J connectivity index is 2.17. The van der Waals surface area contributed by atoms with Crippen molar-refractivity contribution in [3.05, 3.63) is 59.7 Å². The average molecular weight is 391 g/mol. The summed E-state index contributed by atoms with van der Waals surface area (Å²) in [6.45, 7) is 5.10. The summed E-state index contributed by atoms with van der Waals surface area (Å²) in [7, 11) is -2.09. The van der Waals surface area contributed by atoms with Gasteiger partial charge in [-0.1, -0.05) is 12.1 Å². The number of nitrogens with one attached hydrogen (secondary N) is 1. The fraction of sp³-hybridized carbons (Fsp3) is 0.350. The van der Waals surface area contributed by atoms with E-state index in [1.54, 1.807) is 20.1 Å². The fourth-order valence-electron chi connectivity index (χ4n) is 2.70. The van der Waals surface area contributed by atoms with Gasteiger partial charge >= 0.3 is 0 Å². The van der Waals surface area contributed by atoms with Crippen LogP contribution in [-0.4, -0.2) is 41.1 Å². The van der Waals surface area contributed by atoms with Gasteiger partial charge in [-0.3, -0.25) is 9.10 Å². The zero-order valence-corrected chi connectivity index (χ0v) is 16.8. The fourth-order valence-corrected chi connectivity index (χ4v) is 4.17. The van der Waals surface area contributed by atoms with Crippen LogP contribution in [-0.2, 0) is 14.8 Å². The van der Waals surface area contributed by atoms with Crippen LogP contribution in [0.2, 0.25) is 0 Å². The SMILES string of the molecule is CCN(c1cccc(C)c1)S(=O)(=O)c1ccc(C(=O)NCCCOC)cc1. The molecule has 6 nitrogen and oxygen atoms in total. The summed E-state index contributed by atoms with van der Waals surface area (Å²) in [5.41, 5.74) is 2.03. The summed E-state index contributed by atoms with van der Waals surface area (Å²) in [5, 5.41) is 2.78. The molecule has 0 bridgehead atoms. The van der Waals surface area contributed by atoms with Gasteiger partial charge in [0.05, 0.1) is 10.6 Å². The van der Waals surface area contributed by atoms with E-state index in [4.69, 9.17) is 4.74 Å². The molecule has 0 atom stereocenters. The van der Waals surface area contributed by atoms with Crippen LogP contribution in [0.1, 0.15) is 29.3 Å². The molecule has 2 aromatic rings. The van der Waals surface area contributed by atoms with E-state index in [0.29, 0.717) is 30.9 Å². The molecule has 0 aliphatic carbocycles. The Hall–Kier alpha value is -2.38. The van der Waals surface area contributed by atoms with Crippen LogP contribution in [0.25, 0.3) is 0 Å². The number of ether oxygens (including phenoxy) is 1. The summed E-state index contributed by atoms with van der Waals surface area (Å²) < 4.78 is 32.3. The molecule has 0 heterocycles. The molecule has 0 fully saturated rings. The van der Waals surface area contributed by atoms with Crippen LogP contribution >= 0.6 is 0 Å². The van der Waals surface area contributed by atoms with Crippen molar-refractivity contribution >= 4 is 21.6 Å². The van der Waals surface area contributed by atoms with Gasteiger partial charge in [0.25, 0.3) is 15.9 Å². The van der Waals surface area contributed by atoms with Crippen molar-refractivity contribution in [1.29, 1.82) is 0 Å². The highest BCUT2D eigenvalue weighted by Crippen LogP contribution is 2.24. The van der Waals surface area contributed by atoms with Crippen LogP contribution < -0.4 is 9.62 Å². The second-order valence-corrected chi connectivity index (χ2v) is 8.00. The highest BCUT2D eigenvalue weighted by Gasteiger charge is 2.23. The van der Waals surface area contributed by atoms with Crippen LogP contribution in [0.4, 0.5) is 5.69 Å². The molecule has 1 amide bonds. The lowest BCUT2D eigenvalue weighted by Crippen LogP contribution is -2.31. The molecule has 0 spiro atoms. The number of carbonyl (C=O) groups excluding carboxylic acids is 1. The minimum Gasteiger partial charge on any atom is -0.385 e. The Morgan fingerprint density at radius 1 is 1.15 bits per heavy atom. The van der Waals surface area contributed by atoms with Crippen LogP contribution in [0.5, 0.6) is 0 Å². The van der Waals surface area contributed by atoms with E-state index >= 15 is 0 Å². The maximum atomic E-state index is 13.0. The van der Waals surface area contributed by atoms with E-state index in [1.165, 1.54) is 28.6 Å². The number of hydrogen-bond acceptors (Lipinski definition) is 4. The molecule has 146 valence electrons. The Bertz CT molecular complexity index is 864. The van der Waals surface area contributed by atoms with Crippen molar-refractivity contribution in [2.75, 3.05) is 31.1 Å². The molecular formula is C20H26N2O4S. The summed E-state index contributed by atoms with van der Waals surface area (Å²) in [5.74, 6) is -0.235. The molecule has 2 aromatic carbocycles. The average Bonchev–Trinajstić information content (AvgIpc) is 2.65. The minimum atomic E-state index is -3.70. The number of methoxy groups -OCH3 is 1. The molecular weight excluding hydrogens is 364 g/mol. The number of sulfonamides is 1. The molecule has 7 heteroatoms. The first-order valence-corrected chi connectivity index (χ1v) is 10.3. The standard InChI is InChI=1S/C20H26N2O4S/c1-4-22(18-8-5-7-16(2)15-18)27(24,25)19-11-9-17(10-12-19)20(23)21-13-6-14-26-3/h5,7-12,15H,4,6,13-14H2,1-3H3,(H,21,23). The van der Waals surface area contributed by atoms with E-state index in [1.807, 2.05) is 25.1 Å². The lowest BCUT2D eigenvalue weighted by atomic mass is 10.2. The third-order valence-corrected chi connectivity index (χ3v) is 6.01. The Morgan fingerprint density at radius 3 is 2.44 bits per heavy atom. The maximum Gasteiger partial charge on any atom is 0.264 e. The van der Waals surface area contributed by atoms with Crippen molar-refractivity contribution in [3.63, 3.8) is 0 Å². The molecule has 0 aliphatic heterocycles. The highest BCUT2D eigenvalue weighted by atomic mass is 32.2. The number of nitrogens with zero attached hydrogens (tertiary/aromatic N) is 1. The quantitative estimate of drug-likeness (QED) is 0.668. The highest BCUT2D eigenvalue weighted by molar-refractivity contribution is 7.92. The number of anilines is 1. The molecule has 1 N–H and O–H groups in total. The van der Waals surface area contributed by atoms with Crippen LogP contribution in [0.15, 0.2) is 53.4 Å². The number of benzene rings is 2. The number of amides is 1. The predicted octanol–water partition coefficient (Wildman–Crippen LogP) is 2.98.